The number of sulfone groups is 1. The van der Waals surface area contributed by atoms with Crippen LogP contribution in [0, 0.1) is 11.8 Å². The van der Waals surface area contributed by atoms with E-state index in [0.717, 1.165) is 38.8 Å². The SMILES string of the molecule is CCN(CC)C(=O)C1CCC(C(=O)N(C)C2CCS(=O)(=O)C2)CC1. The zero-order chi connectivity index (χ0) is 17.9. The average Bonchev–Trinajstić information content (AvgIpc) is 2.94. The van der Waals surface area contributed by atoms with Crippen LogP contribution in [-0.4, -0.2) is 67.7 Å². The molecule has 0 radical (unpaired) electrons. The summed E-state index contributed by atoms with van der Waals surface area (Å²) in [5.74, 6) is 0.489. The Morgan fingerprint density at radius 2 is 1.42 bits per heavy atom. The zero-order valence-electron chi connectivity index (χ0n) is 15.0. The van der Waals surface area contributed by atoms with Crippen molar-refractivity contribution in [1.82, 2.24) is 9.80 Å². The molecule has 1 aliphatic heterocycles. The Morgan fingerprint density at radius 3 is 1.83 bits per heavy atom. The second-order valence-corrected chi connectivity index (χ2v) is 9.29. The van der Waals surface area contributed by atoms with Gasteiger partial charge in [0.1, 0.15) is 0 Å². The molecule has 1 aliphatic carbocycles. The summed E-state index contributed by atoms with van der Waals surface area (Å²) in [5.41, 5.74) is 0. The quantitative estimate of drug-likeness (QED) is 0.742. The van der Waals surface area contributed by atoms with E-state index in [1.165, 1.54) is 0 Å². The van der Waals surface area contributed by atoms with Gasteiger partial charge in [-0.15, -0.1) is 0 Å². The van der Waals surface area contributed by atoms with Crippen LogP contribution in [-0.2, 0) is 19.4 Å². The van der Waals surface area contributed by atoms with E-state index in [4.69, 9.17) is 0 Å². The topological polar surface area (TPSA) is 74.8 Å². The third kappa shape index (κ3) is 4.29. The first-order valence-electron chi connectivity index (χ1n) is 9.05. The van der Waals surface area contributed by atoms with Crippen LogP contribution < -0.4 is 0 Å². The number of carbonyl (C=O) groups is 2. The predicted octanol–water partition coefficient (Wildman–Crippen LogP) is 1.31. The maximum atomic E-state index is 12.7. The van der Waals surface area contributed by atoms with Gasteiger partial charge in [0.05, 0.1) is 11.5 Å². The molecule has 1 heterocycles. The highest BCUT2D eigenvalue weighted by atomic mass is 32.2. The monoisotopic (exact) mass is 358 g/mol. The van der Waals surface area contributed by atoms with Gasteiger partial charge in [-0.1, -0.05) is 0 Å². The standard InChI is InChI=1S/C17H30N2O4S/c1-4-19(5-2)17(21)14-8-6-13(7-9-14)16(20)18(3)15-10-11-24(22,23)12-15/h13-15H,4-12H2,1-3H3. The number of nitrogens with zero attached hydrogens (tertiary/aromatic N) is 2. The molecule has 7 heteroatoms. The first-order chi connectivity index (χ1) is 11.3. The Bertz CT molecular complexity index is 563. The predicted molar refractivity (Wildman–Crippen MR) is 93.2 cm³/mol. The van der Waals surface area contributed by atoms with Crippen molar-refractivity contribution in [3.8, 4) is 0 Å². The molecule has 0 N–H and O–H groups in total. The maximum absolute atomic E-state index is 12.7. The number of amides is 2. The Labute approximate surface area is 145 Å². The molecule has 6 nitrogen and oxygen atoms in total. The van der Waals surface area contributed by atoms with Crippen molar-refractivity contribution in [3.05, 3.63) is 0 Å². The van der Waals surface area contributed by atoms with Gasteiger partial charge in [-0.25, -0.2) is 8.42 Å². The molecule has 0 aromatic heterocycles. The minimum Gasteiger partial charge on any atom is -0.343 e. The van der Waals surface area contributed by atoms with Gasteiger partial charge in [-0.05, 0) is 46.0 Å². The first-order valence-corrected chi connectivity index (χ1v) is 10.9. The van der Waals surface area contributed by atoms with Crippen LogP contribution in [0.15, 0.2) is 0 Å². The molecule has 2 amide bonds. The fourth-order valence-corrected chi connectivity index (χ4v) is 5.70. The molecule has 24 heavy (non-hydrogen) atoms. The van der Waals surface area contributed by atoms with E-state index in [-0.39, 0.29) is 41.2 Å². The molecule has 1 saturated heterocycles. The maximum Gasteiger partial charge on any atom is 0.225 e. The number of hydrogen-bond donors (Lipinski definition) is 0. The van der Waals surface area contributed by atoms with Crippen molar-refractivity contribution in [1.29, 1.82) is 0 Å². The van der Waals surface area contributed by atoms with E-state index in [1.54, 1.807) is 11.9 Å². The number of hydrogen-bond acceptors (Lipinski definition) is 4. The lowest BCUT2D eigenvalue weighted by Crippen LogP contribution is -2.43. The Morgan fingerprint density at radius 1 is 0.917 bits per heavy atom. The highest BCUT2D eigenvalue weighted by Gasteiger charge is 2.37. The van der Waals surface area contributed by atoms with Crippen molar-refractivity contribution in [2.24, 2.45) is 11.8 Å². The molecular formula is C17H30N2O4S. The fraction of sp³-hybridized carbons (Fsp3) is 0.882. The second-order valence-electron chi connectivity index (χ2n) is 7.07. The molecular weight excluding hydrogens is 328 g/mol. The van der Waals surface area contributed by atoms with Crippen LogP contribution in [0.1, 0.15) is 46.0 Å². The van der Waals surface area contributed by atoms with Crippen molar-refractivity contribution in [2.75, 3.05) is 31.6 Å². The Balaban J connectivity index is 1.87. The van der Waals surface area contributed by atoms with Gasteiger partial charge in [-0.2, -0.15) is 0 Å². The summed E-state index contributed by atoms with van der Waals surface area (Å²) < 4.78 is 23.2. The van der Waals surface area contributed by atoms with E-state index in [9.17, 15) is 18.0 Å². The summed E-state index contributed by atoms with van der Waals surface area (Å²) in [4.78, 5) is 28.6. The van der Waals surface area contributed by atoms with Gasteiger partial charge >= 0.3 is 0 Å². The minimum atomic E-state index is -2.98. The van der Waals surface area contributed by atoms with Crippen LogP contribution >= 0.6 is 0 Å². The summed E-state index contributed by atoms with van der Waals surface area (Å²) in [5, 5.41) is 0. The summed E-state index contributed by atoms with van der Waals surface area (Å²) in [6.45, 7) is 5.43. The second kappa shape index (κ2) is 7.85. The molecule has 1 saturated carbocycles. The van der Waals surface area contributed by atoms with Gasteiger partial charge < -0.3 is 9.80 Å². The molecule has 2 rings (SSSR count). The van der Waals surface area contributed by atoms with Crippen molar-refractivity contribution in [2.45, 2.75) is 52.0 Å². The van der Waals surface area contributed by atoms with Crippen LogP contribution in [0.25, 0.3) is 0 Å². The normalized spacial score (nSPS) is 29.2. The molecule has 1 unspecified atom stereocenters. The van der Waals surface area contributed by atoms with E-state index in [1.807, 2.05) is 18.7 Å². The molecule has 1 atom stereocenters. The third-order valence-corrected chi connectivity index (χ3v) is 7.35. The highest BCUT2D eigenvalue weighted by Crippen LogP contribution is 2.32. The van der Waals surface area contributed by atoms with Crippen molar-refractivity contribution >= 4 is 21.7 Å². The van der Waals surface area contributed by atoms with Gasteiger partial charge in [0.25, 0.3) is 0 Å². The number of rotatable bonds is 5. The van der Waals surface area contributed by atoms with Crippen LogP contribution in [0.5, 0.6) is 0 Å². The summed E-state index contributed by atoms with van der Waals surface area (Å²) in [6.07, 6.45) is 3.49. The highest BCUT2D eigenvalue weighted by molar-refractivity contribution is 7.91. The van der Waals surface area contributed by atoms with Gasteiger partial charge in [0, 0.05) is 38.0 Å². The Kier molecular flexibility index (Phi) is 6.28. The lowest BCUT2D eigenvalue weighted by molar-refractivity contribution is -0.141. The van der Waals surface area contributed by atoms with E-state index in [0.29, 0.717) is 6.42 Å². The van der Waals surface area contributed by atoms with Gasteiger partial charge in [0.15, 0.2) is 9.84 Å². The summed E-state index contributed by atoms with van der Waals surface area (Å²) in [6, 6.07) is -0.183. The van der Waals surface area contributed by atoms with Crippen LogP contribution in [0.3, 0.4) is 0 Å². The summed E-state index contributed by atoms with van der Waals surface area (Å²) >= 11 is 0. The zero-order valence-corrected chi connectivity index (χ0v) is 15.8. The van der Waals surface area contributed by atoms with Crippen molar-refractivity contribution < 1.29 is 18.0 Å². The lowest BCUT2D eigenvalue weighted by Gasteiger charge is -2.33. The van der Waals surface area contributed by atoms with E-state index >= 15 is 0 Å². The molecule has 0 aromatic rings. The molecule has 138 valence electrons. The molecule has 0 spiro atoms. The van der Waals surface area contributed by atoms with E-state index in [2.05, 4.69) is 0 Å². The summed E-state index contributed by atoms with van der Waals surface area (Å²) in [7, 11) is -1.26. The van der Waals surface area contributed by atoms with Crippen molar-refractivity contribution in [3.63, 3.8) is 0 Å². The van der Waals surface area contributed by atoms with Gasteiger partial charge in [0.2, 0.25) is 11.8 Å². The van der Waals surface area contributed by atoms with E-state index < -0.39 is 9.84 Å². The van der Waals surface area contributed by atoms with Crippen LogP contribution in [0.4, 0.5) is 0 Å². The molecule has 0 bridgehead atoms. The van der Waals surface area contributed by atoms with Crippen LogP contribution in [0.2, 0.25) is 0 Å². The molecule has 2 aliphatic rings. The fourth-order valence-electron chi connectivity index (χ4n) is 3.93. The first kappa shape index (κ1) is 19.2. The largest absolute Gasteiger partial charge is 0.343 e. The third-order valence-electron chi connectivity index (χ3n) is 5.60. The van der Waals surface area contributed by atoms with Gasteiger partial charge in [-0.3, -0.25) is 9.59 Å². The molecule has 0 aromatic carbocycles. The average molecular weight is 359 g/mol. The number of carbonyl (C=O) groups excluding carboxylic acids is 2. The minimum absolute atomic E-state index is 0.0334. The smallest absolute Gasteiger partial charge is 0.225 e. The molecule has 2 fully saturated rings. The lowest BCUT2D eigenvalue weighted by atomic mass is 9.80. The Hall–Kier alpha value is -1.11.